The van der Waals surface area contributed by atoms with E-state index in [1.54, 1.807) is 18.2 Å². The summed E-state index contributed by atoms with van der Waals surface area (Å²) in [5.74, 6) is -2.22. The zero-order valence-electron chi connectivity index (χ0n) is 13.5. The summed E-state index contributed by atoms with van der Waals surface area (Å²) in [5, 5.41) is 20.9. The first-order valence-corrected chi connectivity index (χ1v) is 7.41. The van der Waals surface area contributed by atoms with Crippen LogP contribution in [0.3, 0.4) is 0 Å². The number of non-ortho nitro benzene ring substituents is 1. The molecule has 0 spiro atoms. The molecule has 0 amide bonds. The standard InChI is InChI=1S/C17H13FN2O6/c1-25-19-17(13(18)8-16(21)22)9-2-5-14-12(6-9)11-4-3-10(20(23)24)7-15(11)26-14/h2-7,19H,8H2,1H3,(H,21,22). The molecule has 2 N–H and O–H groups in total. The van der Waals surface area contributed by atoms with Gasteiger partial charge in [-0.1, -0.05) is 0 Å². The first kappa shape index (κ1) is 17.4. The van der Waals surface area contributed by atoms with Gasteiger partial charge in [-0.05, 0) is 24.3 Å². The molecule has 9 heteroatoms. The number of carbonyl (C=O) groups is 1. The van der Waals surface area contributed by atoms with Gasteiger partial charge in [-0.25, -0.2) is 4.39 Å². The molecule has 0 bridgehead atoms. The Balaban J connectivity index is 2.16. The number of rotatable bonds is 6. The van der Waals surface area contributed by atoms with E-state index in [0.717, 1.165) is 0 Å². The Labute approximate surface area is 145 Å². The predicted octanol–water partition coefficient (Wildman–Crippen LogP) is 3.76. The number of hydrogen-bond acceptors (Lipinski definition) is 6. The number of carboxylic acids is 1. The summed E-state index contributed by atoms with van der Waals surface area (Å²) in [7, 11) is 1.28. The zero-order valence-corrected chi connectivity index (χ0v) is 13.5. The molecule has 3 rings (SSSR count). The van der Waals surface area contributed by atoms with E-state index < -0.39 is 23.1 Å². The molecule has 134 valence electrons. The SMILES string of the molecule is CONC(=C(F)CC(=O)O)c1ccc2oc3cc([N+](=O)[O-])ccc3c2c1. The lowest BCUT2D eigenvalue weighted by Gasteiger charge is -2.10. The van der Waals surface area contributed by atoms with E-state index in [2.05, 4.69) is 5.48 Å². The molecule has 8 nitrogen and oxygen atoms in total. The molecule has 26 heavy (non-hydrogen) atoms. The molecule has 0 aliphatic rings. The molecule has 0 radical (unpaired) electrons. The summed E-state index contributed by atoms with van der Waals surface area (Å²) in [6.45, 7) is 0. The second kappa shape index (κ2) is 6.81. The van der Waals surface area contributed by atoms with Gasteiger partial charge in [-0.15, -0.1) is 0 Å². The van der Waals surface area contributed by atoms with Gasteiger partial charge in [0.05, 0.1) is 30.2 Å². The van der Waals surface area contributed by atoms with E-state index in [0.29, 0.717) is 27.5 Å². The topological polar surface area (TPSA) is 115 Å². The van der Waals surface area contributed by atoms with Crippen molar-refractivity contribution in [3.63, 3.8) is 0 Å². The number of hydrogen-bond donors (Lipinski definition) is 2. The van der Waals surface area contributed by atoms with Crippen LogP contribution >= 0.6 is 0 Å². The number of furan rings is 1. The van der Waals surface area contributed by atoms with Crippen molar-refractivity contribution < 1.29 is 28.5 Å². The van der Waals surface area contributed by atoms with Crippen LogP contribution in [-0.2, 0) is 9.63 Å². The normalized spacial score (nSPS) is 12.2. The number of carboxylic acid groups (broad SMARTS) is 1. The van der Waals surface area contributed by atoms with Gasteiger partial charge in [-0.3, -0.25) is 25.2 Å². The first-order chi connectivity index (χ1) is 12.4. The molecule has 2 aromatic carbocycles. The number of fused-ring (bicyclic) bond motifs is 3. The number of nitrogens with one attached hydrogen (secondary N) is 1. The van der Waals surface area contributed by atoms with Crippen LogP contribution in [0.25, 0.3) is 27.6 Å². The summed E-state index contributed by atoms with van der Waals surface area (Å²) >= 11 is 0. The summed E-state index contributed by atoms with van der Waals surface area (Å²) in [6.07, 6.45) is -0.804. The fraction of sp³-hybridized carbons (Fsp3) is 0.118. The fourth-order valence-electron chi connectivity index (χ4n) is 2.63. The highest BCUT2D eigenvalue weighted by Gasteiger charge is 2.16. The van der Waals surface area contributed by atoms with Gasteiger partial charge in [0.15, 0.2) is 0 Å². The van der Waals surface area contributed by atoms with Crippen molar-refractivity contribution in [1.82, 2.24) is 5.48 Å². The summed E-state index contributed by atoms with van der Waals surface area (Å²) in [5.41, 5.74) is 3.26. The zero-order chi connectivity index (χ0) is 18.8. The Morgan fingerprint density at radius 1 is 1.27 bits per heavy atom. The Morgan fingerprint density at radius 3 is 2.69 bits per heavy atom. The Bertz CT molecular complexity index is 1060. The van der Waals surface area contributed by atoms with E-state index in [4.69, 9.17) is 14.4 Å². The van der Waals surface area contributed by atoms with E-state index in [-0.39, 0.29) is 11.4 Å². The summed E-state index contributed by atoms with van der Waals surface area (Å²) in [4.78, 5) is 25.9. The van der Waals surface area contributed by atoms with E-state index in [1.165, 1.54) is 25.3 Å². The maximum Gasteiger partial charge on any atom is 0.310 e. The van der Waals surface area contributed by atoms with Crippen LogP contribution in [-0.4, -0.2) is 23.1 Å². The van der Waals surface area contributed by atoms with Crippen LogP contribution in [0.1, 0.15) is 12.0 Å². The van der Waals surface area contributed by atoms with Crippen LogP contribution in [0.2, 0.25) is 0 Å². The number of nitro groups is 1. The molecule has 1 aromatic heterocycles. The highest BCUT2D eigenvalue weighted by molar-refractivity contribution is 6.06. The third-order valence-corrected chi connectivity index (χ3v) is 3.74. The van der Waals surface area contributed by atoms with Crippen molar-refractivity contribution in [3.8, 4) is 0 Å². The lowest BCUT2D eigenvalue weighted by atomic mass is 10.1. The fourth-order valence-corrected chi connectivity index (χ4v) is 2.63. The minimum absolute atomic E-state index is 0.106. The number of benzene rings is 2. The second-order valence-electron chi connectivity index (χ2n) is 5.41. The average molecular weight is 360 g/mol. The Kier molecular flexibility index (Phi) is 4.55. The van der Waals surface area contributed by atoms with Gasteiger partial charge in [-0.2, -0.15) is 0 Å². The third-order valence-electron chi connectivity index (χ3n) is 3.74. The Hall–Kier alpha value is -3.46. The molecule has 1 heterocycles. The second-order valence-corrected chi connectivity index (χ2v) is 5.41. The van der Waals surface area contributed by atoms with Gasteiger partial charge >= 0.3 is 5.97 Å². The van der Waals surface area contributed by atoms with Gasteiger partial charge in [0, 0.05) is 22.4 Å². The van der Waals surface area contributed by atoms with E-state index >= 15 is 0 Å². The maximum atomic E-state index is 14.2. The largest absolute Gasteiger partial charge is 0.481 e. The molecule has 0 unspecified atom stereocenters. The minimum Gasteiger partial charge on any atom is -0.481 e. The highest BCUT2D eigenvalue weighted by atomic mass is 19.1. The lowest BCUT2D eigenvalue weighted by molar-refractivity contribution is -0.384. The molecule has 0 aliphatic carbocycles. The van der Waals surface area contributed by atoms with Crippen molar-refractivity contribution in [1.29, 1.82) is 0 Å². The maximum absolute atomic E-state index is 14.2. The highest BCUT2D eigenvalue weighted by Crippen LogP contribution is 2.33. The van der Waals surface area contributed by atoms with Gasteiger partial charge in [0.2, 0.25) is 0 Å². The van der Waals surface area contributed by atoms with Crippen LogP contribution in [0.4, 0.5) is 10.1 Å². The van der Waals surface area contributed by atoms with E-state index in [9.17, 15) is 19.3 Å². The minimum atomic E-state index is -1.32. The van der Waals surface area contributed by atoms with Crippen LogP contribution in [0, 0.1) is 10.1 Å². The average Bonchev–Trinajstić information content (AvgIpc) is 2.95. The van der Waals surface area contributed by atoms with Crippen LogP contribution in [0.15, 0.2) is 46.6 Å². The molecule has 0 aliphatic heterocycles. The number of nitrogens with zero attached hydrogens (tertiary/aromatic N) is 1. The molecule has 0 saturated heterocycles. The molecule has 0 fully saturated rings. The smallest absolute Gasteiger partial charge is 0.310 e. The quantitative estimate of drug-likeness (QED) is 0.508. The summed E-state index contributed by atoms with van der Waals surface area (Å²) in [6, 6.07) is 8.90. The van der Waals surface area contributed by atoms with Crippen molar-refractivity contribution in [2.75, 3.05) is 7.11 Å². The van der Waals surface area contributed by atoms with Crippen LogP contribution < -0.4 is 5.48 Å². The molecular weight excluding hydrogens is 347 g/mol. The van der Waals surface area contributed by atoms with Crippen molar-refractivity contribution >= 4 is 39.3 Å². The van der Waals surface area contributed by atoms with Gasteiger partial charge in [0.1, 0.15) is 17.0 Å². The van der Waals surface area contributed by atoms with E-state index in [1.807, 2.05) is 0 Å². The number of hydroxylamine groups is 1. The molecule has 0 saturated carbocycles. The first-order valence-electron chi connectivity index (χ1n) is 7.41. The van der Waals surface area contributed by atoms with Crippen molar-refractivity contribution in [2.45, 2.75) is 6.42 Å². The molecule has 3 aromatic rings. The van der Waals surface area contributed by atoms with Crippen molar-refractivity contribution in [2.24, 2.45) is 0 Å². The lowest BCUT2D eigenvalue weighted by Crippen LogP contribution is -2.13. The molecule has 0 atom stereocenters. The number of halogens is 1. The van der Waals surface area contributed by atoms with Crippen molar-refractivity contribution in [3.05, 3.63) is 57.9 Å². The number of nitro benzene ring substituents is 1. The third kappa shape index (κ3) is 3.20. The monoisotopic (exact) mass is 360 g/mol. The Morgan fingerprint density at radius 2 is 2.04 bits per heavy atom. The summed E-state index contributed by atoms with van der Waals surface area (Å²) < 4.78 is 19.8. The van der Waals surface area contributed by atoms with Gasteiger partial charge < -0.3 is 9.52 Å². The van der Waals surface area contributed by atoms with Crippen LogP contribution in [0.5, 0.6) is 0 Å². The van der Waals surface area contributed by atoms with Gasteiger partial charge in [0.25, 0.3) is 5.69 Å². The molecular formula is C17H13FN2O6. The number of aliphatic carboxylic acids is 1. The predicted molar refractivity (Wildman–Crippen MR) is 90.8 cm³/mol.